The van der Waals surface area contributed by atoms with Crippen molar-refractivity contribution in [2.45, 2.75) is 51.4 Å². The molecule has 8 nitrogen and oxygen atoms in total. The molecular formula is C20H28N4O4. The number of hydrazine groups is 1. The van der Waals surface area contributed by atoms with Crippen LogP contribution in [-0.4, -0.2) is 65.1 Å². The van der Waals surface area contributed by atoms with Gasteiger partial charge in [0, 0.05) is 13.1 Å². The lowest BCUT2D eigenvalue weighted by Gasteiger charge is -2.34. The summed E-state index contributed by atoms with van der Waals surface area (Å²) in [5, 5.41) is 3.52. The van der Waals surface area contributed by atoms with Crippen LogP contribution in [0, 0.1) is 0 Å². The molecule has 1 aromatic rings. The summed E-state index contributed by atoms with van der Waals surface area (Å²) in [6.45, 7) is 6.97. The van der Waals surface area contributed by atoms with E-state index in [9.17, 15) is 14.4 Å². The van der Waals surface area contributed by atoms with Crippen molar-refractivity contribution in [1.29, 1.82) is 0 Å². The Bertz CT molecular complexity index is 731. The monoisotopic (exact) mass is 388 g/mol. The Morgan fingerprint density at radius 1 is 1.21 bits per heavy atom. The number of nitrogens with one attached hydrogen (secondary N) is 2. The summed E-state index contributed by atoms with van der Waals surface area (Å²) in [7, 11) is 0. The van der Waals surface area contributed by atoms with Crippen molar-refractivity contribution in [2.24, 2.45) is 0 Å². The highest BCUT2D eigenvalue weighted by molar-refractivity contribution is 6.07. The fourth-order valence-electron chi connectivity index (χ4n) is 3.77. The molecule has 2 fully saturated rings. The van der Waals surface area contributed by atoms with E-state index in [0.29, 0.717) is 25.9 Å². The van der Waals surface area contributed by atoms with Gasteiger partial charge < -0.3 is 10.1 Å². The highest BCUT2D eigenvalue weighted by Gasteiger charge is 2.48. The Hall–Kier alpha value is -2.45. The number of aryl methyl sites for hydroxylation is 1. The average molecular weight is 388 g/mol. The van der Waals surface area contributed by atoms with Crippen LogP contribution >= 0.6 is 0 Å². The number of nitrogens with zero attached hydrogens (tertiary/aromatic N) is 2. The Kier molecular flexibility index (Phi) is 6.00. The highest BCUT2D eigenvalue weighted by atomic mass is 16.5. The molecular weight excluding hydrogens is 360 g/mol. The van der Waals surface area contributed by atoms with Gasteiger partial charge in [0.1, 0.15) is 5.54 Å². The van der Waals surface area contributed by atoms with Crippen LogP contribution in [0.1, 0.15) is 32.8 Å². The summed E-state index contributed by atoms with van der Waals surface area (Å²) in [6, 6.07) is 9.17. The largest absolute Gasteiger partial charge is 0.373 e. The summed E-state index contributed by atoms with van der Waals surface area (Å²) in [6.07, 6.45) is 1.17. The first kappa shape index (κ1) is 20.3. The minimum absolute atomic E-state index is 0.0366. The van der Waals surface area contributed by atoms with Crippen LogP contribution in [0.25, 0.3) is 0 Å². The van der Waals surface area contributed by atoms with Crippen molar-refractivity contribution < 1.29 is 19.1 Å². The maximum Gasteiger partial charge on any atom is 0.344 e. The first-order valence-corrected chi connectivity index (χ1v) is 9.65. The van der Waals surface area contributed by atoms with E-state index in [-0.39, 0.29) is 18.8 Å². The number of amides is 4. The fourth-order valence-corrected chi connectivity index (χ4v) is 3.77. The Balaban J connectivity index is 1.56. The second-order valence-corrected chi connectivity index (χ2v) is 7.87. The average Bonchev–Trinajstić information content (AvgIpc) is 2.83. The molecule has 2 heterocycles. The van der Waals surface area contributed by atoms with Crippen molar-refractivity contribution in [2.75, 3.05) is 19.6 Å². The maximum atomic E-state index is 12.8. The summed E-state index contributed by atoms with van der Waals surface area (Å²) in [4.78, 5) is 39.4. The molecule has 0 radical (unpaired) electrons. The zero-order valence-electron chi connectivity index (χ0n) is 16.6. The van der Waals surface area contributed by atoms with E-state index in [0.717, 1.165) is 10.6 Å². The fraction of sp³-hybridized carbons (Fsp3) is 0.550. The minimum Gasteiger partial charge on any atom is -0.373 e. The first-order chi connectivity index (χ1) is 13.3. The number of imide groups is 1. The molecule has 28 heavy (non-hydrogen) atoms. The van der Waals surface area contributed by atoms with Crippen LogP contribution in [-0.2, 0) is 20.7 Å². The zero-order chi connectivity index (χ0) is 20.3. The zero-order valence-corrected chi connectivity index (χ0v) is 16.6. The molecule has 4 amide bonds. The molecule has 0 aromatic heterocycles. The van der Waals surface area contributed by atoms with E-state index >= 15 is 0 Å². The second kappa shape index (κ2) is 8.28. The SMILES string of the molecule is C[C@H]1CN(CC(=O)NN2C(=O)N[C@](C)(CCc3ccccc3)C2=O)C[C@H](C)O1. The minimum atomic E-state index is -1.04. The Morgan fingerprint density at radius 2 is 1.86 bits per heavy atom. The van der Waals surface area contributed by atoms with Crippen molar-refractivity contribution in [3.8, 4) is 0 Å². The molecule has 2 aliphatic rings. The summed E-state index contributed by atoms with van der Waals surface area (Å²) < 4.78 is 5.65. The van der Waals surface area contributed by atoms with Crippen LogP contribution in [0.15, 0.2) is 30.3 Å². The van der Waals surface area contributed by atoms with E-state index in [1.54, 1.807) is 6.92 Å². The molecule has 1 aromatic carbocycles. The van der Waals surface area contributed by atoms with E-state index in [1.807, 2.05) is 49.1 Å². The van der Waals surface area contributed by atoms with E-state index in [1.165, 1.54) is 0 Å². The molecule has 152 valence electrons. The number of carbonyl (C=O) groups is 3. The molecule has 8 heteroatoms. The molecule has 0 unspecified atom stereocenters. The van der Waals surface area contributed by atoms with Gasteiger partial charge in [-0.2, -0.15) is 5.01 Å². The molecule has 0 saturated carbocycles. The van der Waals surface area contributed by atoms with Gasteiger partial charge in [0.15, 0.2) is 0 Å². The summed E-state index contributed by atoms with van der Waals surface area (Å²) >= 11 is 0. The summed E-state index contributed by atoms with van der Waals surface area (Å²) in [5.41, 5.74) is 2.51. The standard InChI is InChI=1S/C20H28N4O4/c1-14-11-23(12-15(2)28-14)13-17(25)22-24-18(26)20(3,21-19(24)27)10-9-16-7-5-4-6-8-16/h4-8,14-15H,9-13H2,1-3H3,(H,21,27)(H,22,25)/t14-,15-,20+/m0/s1. The molecule has 0 spiro atoms. The molecule has 2 saturated heterocycles. The third-order valence-corrected chi connectivity index (χ3v) is 5.12. The number of carbonyl (C=O) groups excluding carboxylic acids is 3. The Morgan fingerprint density at radius 3 is 2.50 bits per heavy atom. The van der Waals surface area contributed by atoms with Gasteiger partial charge in [-0.3, -0.25) is 19.9 Å². The van der Waals surface area contributed by atoms with Gasteiger partial charge in [0.05, 0.1) is 18.8 Å². The third kappa shape index (κ3) is 4.69. The molecule has 3 rings (SSSR count). The maximum absolute atomic E-state index is 12.8. The van der Waals surface area contributed by atoms with Gasteiger partial charge in [-0.15, -0.1) is 0 Å². The smallest absolute Gasteiger partial charge is 0.344 e. The second-order valence-electron chi connectivity index (χ2n) is 7.87. The molecule has 0 aliphatic carbocycles. The quantitative estimate of drug-likeness (QED) is 0.712. The van der Waals surface area contributed by atoms with Crippen molar-refractivity contribution in [1.82, 2.24) is 20.7 Å². The number of urea groups is 1. The molecule has 2 aliphatic heterocycles. The Labute approximate surface area is 165 Å². The normalized spacial score (nSPS) is 28.3. The van der Waals surface area contributed by atoms with Crippen molar-refractivity contribution >= 4 is 17.8 Å². The lowest BCUT2D eigenvalue weighted by molar-refractivity contribution is -0.140. The van der Waals surface area contributed by atoms with Crippen molar-refractivity contribution in [3.05, 3.63) is 35.9 Å². The molecule has 2 N–H and O–H groups in total. The van der Waals surface area contributed by atoms with Crippen LogP contribution in [0.4, 0.5) is 4.79 Å². The lowest BCUT2D eigenvalue weighted by Crippen LogP contribution is -2.54. The predicted octanol–water partition coefficient (Wildman–Crippen LogP) is 1.07. The van der Waals surface area contributed by atoms with Gasteiger partial charge in [-0.1, -0.05) is 30.3 Å². The molecule has 3 atom stereocenters. The van der Waals surface area contributed by atoms with Gasteiger partial charge in [0.2, 0.25) is 0 Å². The number of ether oxygens (including phenoxy) is 1. The van der Waals surface area contributed by atoms with Gasteiger partial charge in [-0.25, -0.2) is 4.79 Å². The molecule has 0 bridgehead atoms. The first-order valence-electron chi connectivity index (χ1n) is 9.65. The van der Waals surface area contributed by atoms with Crippen LogP contribution in [0.5, 0.6) is 0 Å². The van der Waals surface area contributed by atoms with Gasteiger partial charge in [-0.05, 0) is 39.2 Å². The van der Waals surface area contributed by atoms with Crippen LogP contribution in [0.3, 0.4) is 0 Å². The topological polar surface area (TPSA) is 91.0 Å². The van der Waals surface area contributed by atoms with E-state index < -0.39 is 23.4 Å². The lowest BCUT2D eigenvalue weighted by atomic mass is 9.93. The number of benzene rings is 1. The number of rotatable bonds is 6. The predicted molar refractivity (Wildman–Crippen MR) is 103 cm³/mol. The number of hydrogen-bond donors (Lipinski definition) is 2. The van der Waals surface area contributed by atoms with Crippen LogP contribution in [0.2, 0.25) is 0 Å². The number of hydrogen-bond acceptors (Lipinski definition) is 5. The van der Waals surface area contributed by atoms with Crippen LogP contribution < -0.4 is 10.7 Å². The summed E-state index contributed by atoms with van der Waals surface area (Å²) in [5.74, 6) is -0.831. The number of morpholine rings is 1. The van der Waals surface area contributed by atoms with E-state index in [2.05, 4.69) is 10.7 Å². The third-order valence-electron chi connectivity index (χ3n) is 5.12. The van der Waals surface area contributed by atoms with Crippen molar-refractivity contribution in [3.63, 3.8) is 0 Å². The van der Waals surface area contributed by atoms with E-state index in [4.69, 9.17) is 4.74 Å². The highest BCUT2D eigenvalue weighted by Crippen LogP contribution is 2.22. The van der Waals surface area contributed by atoms with Gasteiger partial charge >= 0.3 is 6.03 Å². The van der Waals surface area contributed by atoms with Gasteiger partial charge in [0.25, 0.3) is 11.8 Å².